The number of benzene rings is 2. The second-order valence-electron chi connectivity index (χ2n) is 7.65. The molecule has 3 nitrogen and oxygen atoms in total. The van der Waals surface area contributed by atoms with Crippen molar-refractivity contribution in [3.05, 3.63) is 65.7 Å². The molecule has 3 rings (SSSR count). The van der Waals surface area contributed by atoms with Crippen molar-refractivity contribution in [3.63, 3.8) is 0 Å². The number of hydrogen-bond acceptors (Lipinski definition) is 3. The number of alkyl halides is 3. The zero-order valence-corrected chi connectivity index (χ0v) is 16.0. The second kappa shape index (κ2) is 8.53. The van der Waals surface area contributed by atoms with Crippen LogP contribution >= 0.6 is 0 Å². The molecule has 1 heterocycles. The minimum Gasteiger partial charge on any atom is -0.492 e. The van der Waals surface area contributed by atoms with Gasteiger partial charge in [0, 0.05) is 12.0 Å². The maximum absolute atomic E-state index is 13.0. The summed E-state index contributed by atoms with van der Waals surface area (Å²) in [7, 11) is 0. The normalized spacial score (nSPS) is 18.6. The summed E-state index contributed by atoms with van der Waals surface area (Å²) in [6.07, 6.45) is -3.30. The molecule has 28 heavy (non-hydrogen) atoms. The van der Waals surface area contributed by atoms with E-state index < -0.39 is 17.8 Å². The Balaban J connectivity index is 1.50. The highest BCUT2D eigenvalue weighted by molar-refractivity contribution is 5.35. The zero-order chi connectivity index (χ0) is 20.2. The number of aliphatic hydroxyl groups is 1. The first-order chi connectivity index (χ1) is 13.3. The largest absolute Gasteiger partial charge is 0.492 e. The highest BCUT2D eigenvalue weighted by Crippen LogP contribution is 2.42. The average molecular weight is 393 g/mol. The minimum atomic E-state index is -4.42. The zero-order valence-electron chi connectivity index (χ0n) is 16.0. The fourth-order valence-corrected chi connectivity index (χ4v) is 3.71. The maximum atomic E-state index is 13.0. The number of ether oxygens (including phenoxy) is 1. The Kier molecular flexibility index (Phi) is 6.30. The SMILES string of the molecule is CC1(C(O)c2ccccc2)CCN(CCOc2ccccc2C(F)(F)F)CC1. The summed E-state index contributed by atoms with van der Waals surface area (Å²) in [4.78, 5) is 2.18. The van der Waals surface area contributed by atoms with Gasteiger partial charge in [-0.2, -0.15) is 13.2 Å². The van der Waals surface area contributed by atoms with Gasteiger partial charge in [-0.1, -0.05) is 49.4 Å². The molecular formula is C22H26F3NO2. The second-order valence-corrected chi connectivity index (χ2v) is 7.65. The average Bonchev–Trinajstić information content (AvgIpc) is 2.69. The van der Waals surface area contributed by atoms with Crippen LogP contribution in [0.2, 0.25) is 0 Å². The molecule has 6 heteroatoms. The third kappa shape index (κ3) is 4.86. The molecule has 0 amide bonds. The van der Waals surface area contributed by atoms with E-state index in [1.165, 1.54) is 12.1 Å². The Morgan fingerprint density at radius 3 is 2.29 bits per heavy atom. The third-order valence-corrected chi connectivity index (χ3v) is 5.63. The number of piperidine rings is 1. The van der Waals surface area contributed by atoms with E-state index in [-0.39, 0.29) is 17.8 Å². The van der Waals surface area contributed by atoms with Crippen LogP contribution < -0.4 is 4.74 Å². The lowest BCUT2D eigenvalue weighted by Crippen LogP contribution is -2.43. The fourth-order valence-electron chi connectivity index (χ4n) is 3.71. The minimum absolute atomic E-state index is 0.128. The van der Waals surface area contributed by atoms with Gasteiger partial charge in [0.25, 0.3) is 0 Å². The molecule has 1 unspecified atom stereocenters. The number of likely N-dealkylation sites (tertiary alicyclic amines) is 1. The van der Waals surface area contributed by atoms with E-state index in [1.54, 1.807) is 6.07 Å². The summed E-state index contributed by atoms with van der Waals surface area (Å²) >= 11 is 0. The number of para-hydroxylation sites is 1. The predicted octanol–water partition coefficient (Wildman–Crippen LogP) is 4.92. The number of nitrogens with zero attached hydrogens (tertiary/aromatic N) is 1. The van der Waals surface area contributed by atoms with Crippen LogP contribution in [0.15, 0.2) is 54.6 Å². The topological polar surface area (TPSA) is 32.7 Å². The Hall–Kier alpha value is -2.05. The van der Waals surface area contributed by atoms with E-state index in [2.05, 4.69) is 11.8 Å². The first-order valence-corrected chi connectivity index (χ1v) is 9.54. The van der Waals surface area contributed by atoms with Gasteiger partial charge in [0.05, 0.1) is 11.7 Å². The lowest BCUT2D eigenvalue weighted by Gasteiger charge is -2.42. The van der Waals surface area contributed by atoms with Crippen molar-refractivity contribution in [2.45, 2.75) is 32.0 Å². The first-order valence-electron chi connectivity index (χ1n) is 9.54. The van der Waals surface area contributed by atoms with Gasteiger partial charge in [-0.3, -0.25) is 4.90 Å². The molecule has 1 atom stereocenters. The van der Waals surface area contributed by atoms with Gasteiger partial charge in [-0.05, 0) is 43.6 Å². The highest BCUT2D eigenvalue weighted by atomic mass is 19.4. The molecular weight excluding hydrogens is 367 g/mol. The molecule has 0 spiro atoms. The molecule has 2 aromatic rings. The lowest BCUT2D eigenvalue weighted by atomic mass is 9.73. The molecule has 1 fully saturated rings. The molecule has 0 saturated carbocycles. The Bertz CT molecular complexity index is 756. The monoisotopic (exact) mass is 393 g/mol. The summed E-state index contributed by atoms with van der Waals surface area (Å²) in [5.74, 6) is -0.128. The van der Waals surface area contributed by atoms with E-state index in [0.29, 0.717) is 6.54 Å². The van der Waals surface area contributed by atoms with Gasteiger partial charge < -0.3 is 9.84 Å². The van der Waals surface area contributed by atoms with Crippen LogP contribution in [0.1, 0.15) is 37.0 Å². The van der Waals surface area contributed by atoms with Crippen LogP contribution in [0.4, 0.5) is 13.2 Å². The van der Waals surface area contributed by atoms with Crippen LogP contribution in [0.3, 0.4) is 0 Å². The number of halogens is 3. The van der Waals surface area contributed by atoms with Crippen molar-refractivity contribution in [3.8, 4) is 5.75 Å². The first kappa shape index (κ1) is 20.7. The van der Waals surface area contributed by atoms with Gasteiger partial charge in [-0.15, -0.1) is 0 Å². The van der Waals surface area contributed by atoms with Gasteiger partial charge >= 0.3 is 6.18 Å². The molecule has 0 radical (unpaired) electrons. The number of aliphatic hydroxyl groups excluding tert-OH is 1. The Morgan fingerprint density at radius 1 is 1.04 bits per heavy atom. The van der Waals surface area contributed by atoms with Crippen molar-refractivity contribution in [1.29, 1.82) is 0 Å². The summed E-state index contributed by atoms with van der Waals surface area (Å²) in [6.45, 7) is 4.42. The van der Waals surface area contributed by atoms with Gasteiger partial charge in [0.2, 0.25) is 0 Å². The Morgan fingerprint density at radius 2 is 1.64 bits per heavy atom. The molecule has 152 valence electrons. The van der Waals surface area contributed by atoms with Gasteiger partial charge in [0.15, 0.2) is 0 Å². The molecule has 1 saturated heterocycles. The van der Waals surface area contributed by atoms with Crippen LogP contribution in [-0.2, 0) is 6.18 Å². The molecule has 2 aromatic carbocycles. The van der Waals surface area contributed by atoms with E-state index in [4.69, 9.17) is 4.74 Å². The van der Waals surface area contributed by atoms with Gasteiger partial charge in [0.1, 0.15) is 12.4 Å². The predicted molar refractivity (Wildman–Crippen MR) is 102 cm³/mol. The summed E-state index contributed by atoms with van der Waals surface area (Å²) in [5.41, 5.74) is -0.0283. The lowest BCUT2D eigenvalue weighted by molar-refractivity contribution is -0.139. The van der Waals surface area contributed by atoms with Crippen molar-refractivity contribution in [2.24, 2.45) is 5.41 Å². The molecule has 1 N–H and O–H groups in total. The molecule has 1 aliphatic rings. The van der Waals surface area contributed by atoms with Gasteiger partial charge in [-0.25, -0.2) is 0 Å². The molecule has 0 aliphatic carbocycles. The smallest absolute Gasteiger partial charge is 0.419 e. The summed E-state index contributed by atoms with van der Waals surface area (Å²) < 4.78 is 44.5. The van der Waals surface area contributed by atoms with E-state index >= 15 is 0 Å². The van der Waals surface area contributed by atoms with Crippen molar-refractivity contribution >= 4 is 0 Å². The summed E-state index contributed by atoms with van der Waals surface area (Å²) in [6, 6.07) is 14.9. The van der Waals surface area contributed by atoms with Crippen molar-refractivity contribution < 1.29 is 23.0 Å². The number of hydrogen-bond donors (Lipinski definition) is 1. The summed E-state index contributed by atoms with van der Waals surface area (Å²) in [5, 5.41) is 10.8. The number of rotatable bonds is 6. The quantitative estimate of drug-likeness (QED) is 0.756. The van der Waals surface area contributed by atoms with E-state index in [9.17, 15) is 18.3 Å². The van der Waals surface area contributed by atoms with E-state index in [0.717, 1.165) is 37.6 Å². The fraction of sp³-hybridized carbons (Fsp3) is 0.455. The van der Waals surface area contributed by atoms with Crippen LogP contribution in [0.5, 0.6) is 5.75 Å². The van der Waals surface area contributed by atoms with E-state index in [1.807, 2.05) is 30.3 Å². The van der Waals surface area contributed by atoms with Crippen molar-refractivity contribution in [1.82, 2.24) is 4.90 Å². The molecule has 0 aromatic heterocycles. The Labute approximate surface area is 163 Å². The van der Waals surface area contributed by atoms with Crippen LogP contribution in [0, 0.1) is 5.41 Å². The molecule has 1 aliphatic heterocycles. The maximum Gasteiger partial charge on any atom is 0.419 e. The standard InChI is InChI=1S/C22H26F3NO2/c1-21(20(27)17-7-3-2-4-8-17)11-13-26(14-12-21)15-16-28-19-10-6-5-9-18(19)22(23,24)25/h2-10,20,27H,11-16H2,1H3. The highest BCUT2D eigenvalue weighted by Gasteiger charge is 2.37. The van der Waals surface area contributed by atoms with Crippen LogP contribution in [-0.4, -0.2) is 36.2 Å². The van der Waals surface area contributed by atoms with Crippen LogP contribution in [0.25, 0.3) is 0 Å². The van der Waals surface area contributed by atoms with Crippen molar-refractivity contribution in [2.75, 3.05) is 26.2 Å². The molecule has 0 bridgehead atoms. The third-order valence-electron chi connectivity index (χ3n) is 5.63.